The van der Waals surface area contributed by atoms with Gasteiger partial charge in [0.05, 0.1) is 17.1 Å². The van der Waals surface area contributed by atoms with Gasteiger partial charge in [0, 0.05) is 16.8 Å². The number of aryl methyl sites for hydroxylation is 2. The van der Waals surface area contributed by atoms with E-state index >= 15 is 0 Å². The van der Waals surface area contributed by atoms with Crippen molar-refractivity contribution in [1.29, 1.82) is 0 Å². The van der Waals surface area contributed by atoms with E-state index in [-0.39, 0.29) is 6.01 Å². The molecule has 0 spiro atoms. The van der Waals surface area contributed by atoms with Gasteiger partial charge < -0.3 is 19.6 Å². The van der Waals surface area contributed by atoms with Crippen molar-refractivity contribution in [2.75, 3.05) is 6.61 Å². The number of nitrogens with one attached hydrogen (secondary N) is 1. The third kappa shape index (κ3) is 5.66. The van der Waals surface area contributed by atoms with Crippen molar-refractivity contribution in [1.82, 2.24) is 19.9 Å². The van der Waals surface area contributed by atoms with E-state index in [4.69, 9.17) is 31.0 Å². The summed E-state index contributed by atoms with van der Waals surface area (Å²) < 4.78 is 43.3. The van der Waals surface area contributed by atoms with Crippen molar-refractivity contribution in [2.45, 2.75) is 33.4 Å². The summed E-state index contributed by atoms with van der Waals surface area (Å²) in [7, 11) is 0. The van der Waals surface area contributed by atoms with Crippen molar-refractivity contribution in [2.24, 2.45) is 0 Å². The van der Waals surface area contributed by atoms with Gasteiger partial charge in [-0.2, -0.15) is 23.1 Å². The number of pyridine rings is 1. The molecule has 1 aromatic carbocycles. The van der Waals surface area contributed by atoms with Crippen LogP contribution in [0.25, 0.3) is 21.9 Å². The summed E-state index contributed by atoms with van der Waals surface area (Å²) in [6, 6.07) is 9.86. The highest BCUT2D eigenvalue weighted by molar-refractivity contribution is 6.36. The van der Waals surface area contributed by atoms with Crippen molar-refractivity contribution in [3.8, 4) is 17.6 Å². The molecular formula is C22H20ClF3N4O4. The molecule has 3 heterocycles. The number of benzene rings is 1. The Morgan fingerprint density at radius 3 is 2.47 bits per heavy atom. The number of fused-ring (bicyclic) bond motifs is 2. The average molecular weight is 497 g/mol. The quantitative estimate of drug-likeness (QED) is 0.356. The Kier molecular flexibility index (Phi) is 7.45. The lowest BCUT2D eigenvalue weighted by molar-refractivity contribution is -0.192. The number of alkyl halides is 3. The molecule has 0 amide bonds. The molecule has 4 rings (SSSR count). The van der Waals surface area contributed by atoms with Crippen LogP contribution >= 0.6 is 11.6 Å². The van der Waals surface area contributed by atoms with Gasteiger partial charge in [-0.05, 0) is 44.5 Å². The highest BCUT2D eigenvalue weighted by Gasteiger charge is 2.38. The minimum Gasteiger partial charge on any atom is -0.477 e. The minimum atomic E-state index is -5.08. The molecule has 0 atom stereocenters. The molecule has 0 fully saturated rings. The standard InChI is InChI=1S/C20H19ClN4O2.C2HF3O2/c1-4-14-17(21)16-18(23-14)24-20(25-19(16)26-5-2)27-13-8-9-15-12(10-13)7-6-11(3)22-15;3-2(4,5)1(6)7/h6-10H,4-5H2,1-3H3,(H,23,24,25);(H,6,7). The van der Waals surface area contributed by atoms with Crippen LogP contribution in [0.3, 0.4) is 0 Å². The lowest BCUT2D eigenvalue weighted by atomic mass is 10.2. The summed E-state index contributed by atoms with van der Waals surface area (Å²) in [6.07, 6.45) is -4.33. The molecular weight excluding hydrogens is 477 g/mol. The maximum absolute atomic E-state index is 10.6. The Morgan fingerprint density at radius 1 is 1.15 bits per heavy atom. The number of H-pyrrole nitrogens is 1. The first-order valence-electron chi connectivity index (χ1n) is 10.1. The van der Waals surface area contributed by atoms with Crippen LogP contribution in [-0.2, 0) is 11.2 Å². The highest BCUT2D eigenvalue weighted by atomic mass is 35.5. The normalized spacial score (nSPS) is 11.3. The number of rotatable bonds is 5. The maximum Gasteiger partial charge on any atom is 0.490 e. The molecule has 0 saturated heterocycles. The van der Waals surface area contributed by atoms with Gasteiger partial charge >= 0.3 is 18.2 Å². The lowest BCUT2D eigenvalue weighted by Crippen LogP contribution is -2.21. The van der Waals surface area contributed by atoms with E-state index in [1.54, 1.807) is 0 Å². The first-order valence-corrected chi connectivity index (χ1v) is 10.5. The second-order valence-corrected chi connectivity index (χ2v) is 7.33. The van der Waals surface area contributed by atoms with Crippen molar-refractivity contribution in [3.63, 3.8) is 0 Å². The minimum absolute atomic E-state index is 0.200. The SMILES string of the molecule is CCOc1nc(Oc2ccc3nc(C)ccc3c2)nc2[nH]c(CC)c(Cl)c12.O=C(O)C(F)(F)F. The van der Waals surface area contributed by atoms with E-state index in [2.05, 4.69) is 19.9 Å². The second kappa shape index (κ2) is 10.1. The molecule has 8 nitrogen and oxygen atoms in total. The molecule has 0 saturated carbocycles. The number of aromatic nitrogens is 4. The monoisotopic (exact) mass is 496 g/mol. The largest absolute Gasteiger partial charge is 0.490 e. The van der Waals surface area contributed by atoms with Gasteiger partial charge in [0.25, 0.3) is 0 Å². The van der Waals surface area contributed by atoms with Crippen molar-refractivity contribution in [3.05, 3.63) is 46.7 Å². The maximum atomic E-state index is 10.6. The molecule has 0 bridgehead atoms. The van der Waals surface area contributed by atoms with Gasteiger partial charge in [-0.15, -0.1) is 0 Å². The zero-order valence-electron chi connectivity index (χ0n) is 18.3. The first kappa shape index (κ1) is 25.0. The smallest absolute Gasteiger partial charge is 0.477 e. The number of carboxylic acid groups (broad SMARTS) is 1. The summed E-state index contributed by atoms with van der Waals surface area (Å²) in [4.78, 5) is 25.5. The molecule has 4 aromatic rings. The third-order valence-electron chi connectivity index (χ3n) is 4.50. The fourth-order valence-corrected chi connectivity index (χ4v) is 3.31. The van der Waals surface area contributed by atoms with Crippen LogP contribution in [-0.4, -0.2) is 43.8 Å². The Labute approximate surface area is 196 Å². The summed E-state index contributed by atoms with van der Waals surface area (Å²) in [6.45, 7) is 6.35. The number of nitrogens with zero attached hydrogens (tertiary/aromatic N) is 3. The summed E-state index contributed by atoms with van der Waals surface area (Å²) >= 11 is 6.45. The average Bonchev–Trinajstić information content (AvgIpc) is 3.09. The van der Waals surface area contributed by atoms with Gasteiger partial charge in [0.15, 0.2) is 0 Å². The number of hydrogen-bond acceptors (Lipinski definition) is 6. The Balaban J connectivity index is 0.000000406. The van der Waals surface area contributed by atoms with E-state index in [9.17, 15) is 13.2 Å². The van der Waals surface area contributed by atoms with E-state index in [1.807, 2.05) is 51.1 Å². The second-order valence-electron chi connectivity index (χ2n) is 6.95. The Hall–Kier alpha value is -3.60. The van der Waals surface area contributed by atoms with E-state index in [0.29, 0.717) is 34.3 Å². The van der Waals surface area contributed by atoms with Crippen LogP contribution in [0, 0.1) is 6.92 Å². The van der Waals surface area contributed by atoms with Crippen LogP contribution in [0.2, 0.25) is 5.02 Å². The number of hydrogen-bond donors (Lipinski definition) is 2. The zero-order chi connectivity index (χ0) is 25.0. The fourth-order valence-electron chi connectivity index (χ4n) is 2.96. The fraction of sp³-hybridized carbons (Fsp3) is 0.273. The van der Waals surface area contributed by atoms with Crippen LogP contribution < -0.4 is 9.47 Å². The molecule has 0 radical (unpaired) electrons. The topological polar surface area (TPSA) is 110 Å². The molecule has 0 unspecified atom stereocenters. The molecule has 12 heteroatoms. The summed E-state index contributed by atoms with van der Waals surface area (Å²) in [5.74, 6) is -1.72. The molecule has 34 heavy (non-hydrogen) atoms. The molecule has 3 aromatic heterocycles. The van der Waals surface area contributed by atoms with Gasteiger partial charge in [-0.3, -0.25) is 4.98 Å². The molecule has 180 valence electrons. The van der Waals surface area contributed by atoms with Crippen LogP contribution in [0.5, 0.6) is 17.6 Å². The van der Waals surface area contributed by atoms with Crippen LogP contribution in [0.1, 0.15) is 25.2 Å². The number of ether oxygens (including phenoxy) is 2. The molecule has 2 N–H and O–H groups in total. The predicted molar refractivity (Wildman–Crippen MR) is 120 cm³/mol. The summed E-state index contributed by atoms with van der Waals surface area (Å²) in [5, 5.41) is 9.39. The lowest BCUT2D eigenvalue weighted by Gasteiger charge is -2.08. The first-order chi connectivity index (χ1) is 16.0. The van der Waals surface area contributed by atoms with Gasteiger partial charge in [-0.25, -0.2) is 4.79 Å². The Morgan fingerprint density at radius 2 is 1.85 bits per heavy atom. The van der Waals surface area contributed by atoms with Gasteiger partial charge in [0.1, 0.15) is 16.8 Å². The third-order valence-corrected chi connectivity index (χ3v) is 4.91. The number of halogens is 4. The van der Waals surface area contributed by atoms with Gasteiger partial charge in [0.2, 0.25) is 5.88 Å². The number of aromatic amines is 1. The molecule has 0 aliphatic heterocycles. The summed E-state index contributed by atoms with van der Waals surface area (Å²) in [5.41, 5.74) is 3.38. The highest BCUT2D eigenvalue weighted by Crippen LogP contribution is 2.35. The van der Waals surface area contributed by atoms with E-state index in [0.717, 1.165) is 28.7 Å². The number of carbonyl (C=O) groups is 1. The Bertz CT molecular complexity index is 1340. The van der Waals surface area contributed by atoms with Crippen molar-refractivity contribution < 1.29 is 32.5 Å². The van der Waals surface area contributed by atoms with E-state index in [1.165, 1.54) is 0 Å². The van der Waals surface area contributed by atoms with E-state index < -0.39 is 12.1 Å². The number of carboxylic acids is 1. The predicted octanol–water partition coefficient (Wildman–Crippen LogP) is 5.85. The van der Waals surface area contributed by atoms with Crippen LogP contribution in [0.15, 0.2) is 30.3 Å². The molecule has 0 aliphatic rings. The van der Waals surface area contributed by atoms with Gasteiger partial charge in [-0.1, -0.05) is 24.6 Å². The zero-order valence-corrected chi connectivity index (χ0v) is 19.1. The molecule has 0 aliphatic carbocycles. The van der Waals surface area contributed by atoms with Crippen molar-refractivity contribution >= 4 is 39.5 Å². The van der Waals surface area contributed by atoms with Crippen LogP contribution in [0.4, 0.5) is 13.2 Å². The number of aliphatic carboxylic acids is 1.